The maximum absolute atomic E-state index is 12.2. The largest absolute Gasteiger partial charge is 0.456 e. The molecule has 3 nitrogen and oxygen atoms in total. The van der Waals surface area contributed by atoms with Crippen molar-refractivity contribution in [2.75, 3.05) is 6.54 Å². The first-order chi connectivity index (χ1) is 9.76. The molecule has 0 amide bonds. The Kier molecular flexibility index (Phi) is 3.28. The molecule has 3 rings (SSSR count). The molecule has 0 unspecified atom stereocenters. The van der Waals surface area contributed by atoms with Crippen molar-refractivity contribution in [3.05, 3.63) is 47.5 Å². The van der Waals surface area contributed by atoms with Gasteiger partial charge in [0.25, 0.3) is 0 Å². The fourth-order valence-electron chi connectivity index (χ4n) is 2.66. The molecule has 3 aromatic rings. The molecule has 0 bridgehead atoms. The van der Waals surface area contributed by atoms with Crippen LogP contribution in [0.2, 0.25) is 0 Å². The fourth-order valence-corrected chi connectivity index (χ4v) is 2.66. The first-order valence-corrected chi connectivity index (χ1v) is 6.92. The third-order valence-electron chi connectivity index (χ3n) is 3.64. The van der Waals surface area contributed by atoms with Crippen LogP contribution in [-0.4, -0.2) is 12.3 Å². The molecule has 0 saturated heterocycles. The quantitative estimate of drug-likeness (QED) is 0.733. The number of ketones is 1. The average molecular weight is 267 g/mol. The molecular weight excluding hydrogens is 250 g/mol. The Bertz CT molecular complexity index is 786. The van der Waals surface area contributed by atoms with Gasteiger partial charge >= 0.3 is 0 Å². The van der Waals surface area contributed by atoms with Gasteiger partial charge in [-0.2, -0.15) is 0 Å². The zero-order valence-electron chi connectivity index (χ0n) is 11.5. The number of benzene rings is 2. The number of nitrogens with two attached hydrogens (primary N) is 1. The van der Waals surface area contributed by atoms with Crippen LogP contribution in [-0.2, 0) is 6.42 Å². The number of Topliss-reactive ketones (excluding diaryl/α,β-unsaturated/α-hetero) is 1. The summed E-state index contributed by atoms with van der Waals surface area (Å²) >= 11 is 0. The summed E-state index contributed by atoms with van der Waals surface area (Å²) in [6.45, 7) is 2.44. The van der Waals surface area contributed by atoms with Crippen molar-refractivity contribution in [1.29, 1.82) is 0 Å². The number of hydrogen-bond donors (Lipinski definition) is 1. The zero-order chi connectivity index (χ0) is 14.1. The summed E-state index contributed by atoms with van der Waals surface area (Å²) in [5.41, 5.74) is 9.08. The van der Waals surface area contributed by atoms with Crippen molar-refractivity contribution in [3.63, 3.8) is 0 Å². The SMILES string of the molecule is CCC(=O)c1ccc(CCN)c2oc3ccccc3c12. The van der Waals surface area contributed by atoms with E-state index >= 15 is 0 Å². The van der Waals surface area contributed by atoms with E-state index in [4.69, 9.17) is 10.2 Å². The molecular formula is C17H17NO2. The van der Waals surface area contributed by atoms with Crippen molar-refractivity contribution in [2.24, 2.45) is 5.73 Å². The summed E-state index contributed by atoms with van der Waals surface area (Å²) in [6, 6.07) is 11.7. The Hall–Kier alpha value is -2.13. The van der Waals surface area contributed by atoms with Gasteiger partial charge in [0, 0.05) is 22.8 Å². The average Bonchev–Trinajstić information content (AvgIpc) is 2.87. The van der Waals surface area contributed by atoms with Crippen molar-refractivity contribution in [1.82, 2.24) is 0 Å². The Morgan fingerprint density at radius 3 is 2.75 bits per heavy atom. The van der Waals surface area contributed by atoms with Crippen molar-refractivity contribution >= 4 is 27.7 Å². The van der Waals surface area contributed by atoms with E-state index in [0.29, 0.717) is 13.0 Å². The Labute approximate surface area is 117 Å². The molecule has 0 atom stereocenters. The molecule has 20 heavy (non-hydrogen) atoms. The number of carbonyl (C=O) groups excluding carboxylic acids is 1. The van der Waals surface area contributed by atoms with Crippen LogP contribution in [0.4, 0.5) is 0 Å². The zero-order valence-corrected chi connectivity index (χ0v) is 11.5. The molecule has 0 radical (unpaired) electrons. The van der Waals surface area contributed by atoms with Gasteiger partial charge in [-0.15, -0.1) is 0 Å². The number of rotatable bonds is 4. The molecule has 0 saturated carbocycles. The third-order valence-corrected chi connectivity index (χ3v) is 3.64. The molecule has 0 aliphatic rings. The maximum Gasteiger partial charge on any atom is 0.163 e. The molecule has 2 aromatic carbocycles. The van der Waals surface area contributed by atoms with E-state index in [1.807, 2.05) is 43.3 Å². The summed E-state index contributed by atoms with van der Waals surface area (Å²) in [5.74, 6) is 0.140. The topological polar surface area (TPSA) is 56.2 Å². The smallest absolute Gasteiger partial charge is 0.163 e. The Morgan fingerprint density at radius 1 is 1.20 bits per heavy atom. The van der Waals surface area contributed by atoms with Gasteiger partial charge in [-0.3, -0.25) is 4.79 Å². The fraction of sp³-hybridized carbons (Fsp3) is 0.235. The van der Waals surface area contributed by atoms with Gasteiger partial charge in [0.2, 0.25) is 0 Å². The highest BCUT2D eigenvalue weighted by Gasteiger charge is 2.17. The predicted molar refractivity (Wildman–Crippen MR) is 81.1 cm³/mol. The predicted octanol–water partition coefficient (Wildman–Crippen LogP) is 3.68. The number of hydrogen-bond acceptors (Lipinski definition) is 3. The second kappa shape index (κ2) is 5.10. The molecule has 3 heteroatoms. The van der Waals surface area contributed by atoms with E-state index < -0.39 is 0 Å². The number of furan rings is 1. The van der Waals surface area contributed by atoms with Gasteiger partial charge in [-0.25, -0.2) is 0 Å². The van der Waals surface area contributed by atoms with Crippen LogP contribution >= 0.6 is 0 Å². The van der Waals surface area contributed by atoms with Gasteiger partial charge in [0.15, 0.2) is 5.78 Å². The first kappa shape index (κ1) is 12.9. The highest BCUT2D eigenvalue weighted by Crippen LogP contribution is 2.34. The number of carbonyl (C=O) groups is 1. The van der Waals surface area contributed by atoms with E-state index in [1.54, 1.807) is 0 Å². The van der Waals surface area contributed by atoms with Crippen LogP contribution in [0.3, 0.4) is 0 Å². The van der Waals surface area contributed by atoms with Crippen molar-refractivity contribution < 1.29 is 9.21 Å². The van der Waals surface area contributed by atoms with Crippen LogP contribution < -0.4 is 5.73 Å². The molecule has 0 aliphatic heterocycles. The lowest BCUT2D eigenvalue weighted by atomic mass is 9.98. The summed E-state index contributed by atoms with van der Waals surface area (Å²) in [7, 11) is 0. The molecule has 2 N–H and O–H groups in total. The molecule has 0 spiro atoms. The van der Waals surface area contributed by atoms with Gasteiger partial charge in [0.1, 0.15) is 11.2 Å². The van der Waals surface area contributed by atoms with E-state index in [-0.39, 0.29) is 5.78 Å². The third kappa shape index (κ3) is 1.91. The standard InChI is InChI=1S/C17H17NO2/c1-2-14(19)12-8-7-11(9-10-18)17-16(12)13-5-3-4-6-15(13)20-17/h3-8H,2,9-10,18H2,1H3. The van der Waals surface area contributed by atoms with E-state index in [2.05, 4.69) is 0 Å². The minimum atomic E-state index is 0.140. The summed E-state index contributed by atoms with van der Waals surface area (Å²) in [5, 5.41) is 1.93. The van der Waals surface area contributed by atoms with Crippen LogP contribution in [0.15, 0.2) is 40.8 Å². The summed E-state index contributed by atoms with van der Waals surface area (Å²) in [6.07, 6.45) is 1.24. The second-order valence-electron chi connectivity index (χ2n) is 4.89. The lowest BCUT2D eigenvalue weighted by Gasteiger charge is -2.05. The van der Waals surface area contributed by atoms with Gasteiger partial charge < -0.3 is 10.2 Å². The molecule has 0 aliphatic carbocycles. The first-order valence-electron chi connectivity index (χ1n) is 6.92. The van der Waals surface area contributed by atoms with Crippen LogP contribution in [0.5, 0.6) is 0 Å². The van der Waals surface area contributed by atoms with Gasteiger partial charge in [-0.1, -0.05) is 37.3 Å². The minimum absolute atomic E-state index is 0.140. The van der Waals surface area contributed by atoms with Crippen molar-refractivity contribution in [2.45, 2.75) is 19.8 Å². The summed E-state index contributed by atoms with van der Waals surface area (Å²) < 4.78 is 5.96. The van der Waals surface area contributed by atoms with Gasteiger partial charge in [-0.05, 0) is 24.6 Å². The maximum atomic E-state index is 12.2. The van der Waals surface area contributed by atoms with E-state index in [1.165, 1.54) is 0 Å². The minimum Gasteiger partial charge on any atom is -0.456 e. The van der Waals surface area contributed by atoms with E-state index in [0.717, 1.165) is 39.5 Å². The molecule has 1 aromatic heterocycles. The highest BCUT2D eigenvalue weighted by atomic mass is 16.3. The Morgan fingerprint density at radius 2 is 2.00 bits per heavy atom. The van der Waals surface area contributed by atoms with E-state index in [9.17, 15) is 4.79 Å². The van der Waals surface area contributed by atoms with Crippen LogP contribution in [0.25, 0.3) is 21.9 Å². The Balaban J connectivity index is 2.42. The lowest BCUT2D eigenvalue weighted by Crippen LogP contribution is -2.04. The second-order valence-corrected chi connectivity index (χ2v) is 4.89. The van der Waals surface area contributed by atoms with Crippen molar-refractivity contribution in [3.8, 4) is 0 Å². The number of para-hydroxylation sites is 1. The highest BCUT2D eigenvalue weighted by molar-refractivity contribution is 6.17. The van der Waals surface area contributed by atoms with Crippen LogP contribution in [0, 0.1) is 0 Å². The monoisotopic (exact) mass is 267 g/mol. The molecule has 0 fully saturated rings. The van der Waals surface area contributed by atoms with Gasteiger partial charge in [0.05, 0.1) is 0 Å². The lowest BCUT2D eigenvalue weighted by molar-refractivity contribution is 0.0990. The molecule has 102 valence electrons. The number of fused-ring (bicyclic) bond motifs is 3. The van der Waals surface area contributed by atoms with Crippen LogP contribution in [0.1, 0.15) is 29.3 Å². The normalized spacial score (nSPS) is 11.3. The molecule has 1 heterocycles. The summed E-state index contributed by atoms with van der Waals surface area (Å²) in [4.78, 5) is 12.2.